The Labute approximate surface area is 183 Å². The van der Waals surface area contributed by atoms with E-state index in [9.17, 15) is 14.7 Å². The quantitative estimate of drug-likeness (QED) is 0.508. The molecule has 1 amide bonds. The highest BCUT2D eigenvalue weighted by Crippen LogP contribution is 2.44. The predicted molar refractivity (Wildman–Crippen MR) is 120 cm³/mol. The number of esters is 1. The molecule has 1 heterocycles. The topological polar surface area (TPSA) is 76.1 Å². The van der Waals surface area contributed by atoms with Crippen LogP contribution < -0.4 is 14.4 Å². The lowest BCUT2D eigenvalue weighted by atomic mass is 9.87. The molecule has 31 heavy (non-hydrogen) atoms. The number of aryl methyl sites for hydroxylation is 1. The van der Waals surface area contributed by atoms with Crippen LogP contribution in [0.15, 0.2) is 36.4 Å². The monoisotopic (exact) mass is 425 g/mol. The van der Waals surface area contributed by atoms with E-state index in [2.05, 4.69) is 13.8 Å². The number of ether oxygens (including phenoxy) is 2. The largest absolute Gasteiger partial charge is 0.497 e. The molecule has 1 N–H and O–H groups in total. The third-order valence-corrected chi connectivity index (χ3v) is 5.62. The van der Waals surface area contributed by atoms with E-state index < -0.39 is 11.6 Å². The van der Waals surface area contributed by atoms with Crippen molar-refractivity contribution in [2.24, 2.45) is 5.92 Å². The second-order valence-electron chi connectivity index (χ2n) is 8.62. The van der Waals surface area contributed by atoms with E-state index >= 15 is 0 Å². The summed E-state index contributed by atoms with van der Waals surface area (Å²) in [6.45, 7) is 8.10. The van der Waals surface area contributed by atoms with Gasteiger partial charge in [-0.3, -0.25) is 9.59 Å². The molecule has 0 radical (unpaired) electrons. The molecule has 1 aliphatic heterocycles. The normalized spacial score (nSPS) is 17.8. The fourth-order valence-electron chi connectivity index (χ4n) is 4.05. The number of carbonyl (C=O) groups excluding carboxylic acids is 2. The van der Waals surface area contributed by atoms with Crippen LogP contribution in [0, 0.1) is 12.8 Å². The minimum Gasteiger partial charge on any atom is -0.497 e. The molecule has 0 aliphatic carbocycles. The Morgan fingerprint density at radius 3 is 2.58 bits per heavy atom. The van der Waals surface area contributed by atoms with Gasteiger partial charge in [0.15, 0.2) is 5.60 Å². The Balaban J connectivity index is 2.00. The van der Waals surface area contributed by atoms with Crippen LogP contribution in [0.4, 0.5) is 5.69 Å². The number of hydrogen-bond acceptors (Lipinski definition) is 5. The van der Waals surface area contributed by atoms with Gasteiger partial charge in [0, 0.05) is 31.5 Å². The van der Waals surface area contributed by atoms with E-state index in [1.807, 2.05) is 25.1 Å². The summed E-state index contributed by atoms with van der Waals surface area (Å²) >= 11 is 0. The molecule has 2 aromatic rings. The Morgan fingerprint density at radius 2 is 1.94 bits per heavy atom. The van der Waals surface area contributed by atoms with Crippen molar-refractivity contribution < 1.29 is 24.2 Å². The summed E-state index contributed by atoms with van der Waals surface area (Å²) in [5.41, 5.74) is 1.12. The summed E-state index contributed by atoms with van der Waals surface area (Å²) in [5, 5.41) is 11.7. The first-order valence-electron chi connectivity index (χ1n) is 10.7. The molecule has 0 saturated carbocycles. The number of rotatable bonds is 8. The van der Waals surface area contributed by atoms with Gasteiger partial charge in [-0.05, 0) is 43.4 Å². The molecule has 0 saturated heterocycles. The molecule has 1 unspecified atom stereocenters. The average molecular weight is 426 g/mol. The van der Waals surface area contributed by atoms with E-state index in [4.69, 9.17) is 9.47 Å². The molecule has 6 heteroatoms. The molecule has 1 atom stereocenters. The van der Waals surface area contributed by atoms with E-state index in [-0.39, 0.29) is 18.1 Å². The fraction of sp³-hybridized carbons (Fsp3) is 0.440. The van der Waals surface area contributed by atoms with E-state index in [1.165, 1.54) is 14.0 Å². The van der Waals surface area contributed by atoms with Crippen molar-refractivity contribution in [2.75, 3.05) is 18.6 Å². The summed E-state index contributed by atoms with van der Waals surface area (Å²) in [6.07, 6.45) is 1.85. The molecular weight excluding hydrogens is 394 g/mol. The second-order valence-corrected chi connectivity index (χ2v) is 8.62. The van der Waals surface area contributed by atoms with Crippen molar-refractivity contribution in [3.05, 3.63) is 53.1 Å². The molecule has 6 nitrogen and oxygen atoms in total. The zero-order valence-electron chi connectivity index (χ0n) is 18.9. The highest BCUT2D eigenvalue weighted by molar-refractivity contribution is 6.07. The smallest absolute Gasteiger partial charge is 0.308 e. The maximum Gasteiger partial charge on any atom is 0.308 e. The van der Waals surface area contributed by atoms with Crippen molar-refractivity contribution in [1.82, 2.24) is 0 Å². The lowest BCUT2D eigenvalue weighted by Crippen LogP contribution is -2.42. The number of hydrogen-bond donors (Lipinski definition) is 1. The summed E-state index contributed by atoms with van der Waals surface area (Å²) in [4.78, 5) is 26.8. The van der Waals surface area contributed by atoms with Crippen LogP contribution in [0.1, 0.15) is 50.3 Å². The molecule has 1 aliphatic rings. The maximum absolute atomic E-state index is 13.5. The summed E-state index contributed by atoms with van der Waals surface area (Å²) in [7, 11) is 1.52. The number of fused-ring (bicyclic) bond motifs is 1. The molecule has 0 bridgehead atoms. The fourth-order valence-corrected chi connectivity index (χ4v) is 4.05. The minimum absolute atomic E-state index is 0.00439. The van der Waals surface area contributed by atoms with Crippen LogP contribution in [0.5, 0.6) is 11.5 Å². The number of aliphatic hydroxyl groups is 1. The molecule has 0 fully saturated rings. The van der Waals surface area contributed by atoms with Crippen molar-refractivity contribution >= 4 is 17.6 Å². The van der Waals surface area contributed by atoms with Gasteiger partial charge >= 0.3 is 5.97 Å². The average Bonchev–Trinajstić information content (AvgIpc) is 2.90. The molecular formula is C25H31NO5. The first kappa shape index (κ1) is 22.8. The van der Waals surface area contributed by atoms with Crippen molar-refractivity contribution in [3.8, 4) is 11.5 Å². The van der Waals surface area contributed by atoms with Gasteiger partial charge in [0.05, 0.1) is 12.8 Å². The molecule has 2 aromatic carbocycles. The highest BCUT2D eigenvalue weighted by atomic mass is 16.5. The number of amides is 1. The number of anilines is 1. The van der Waals surface area contributed by atoms with Gasteiger partial charge in [0.25, 0.3) is 5.91 Å². The second kappa shape index (κ2) is 9.10. The first-order chi connectivity index (χ1) is 14.7. The Morgan fingerprint density at radius 1 is 1.19 bits per heavy atom. The number of nitrogens with zero attached hydrogens (tertiary/aromatic N) is 1. The van der Waals surface area contributed by atoms with Crippen LogP contribution in [0.25, 0.3) is 0 Å². The number of methoxy groups -OCH3 is 1. The van der Waals surface area contributed by atoms with Crippen LogP contribution in [0.2, 0.25) is 0 Å². The van der Waals surface area contributed by atoms with Crippen LogP contribution in [0.3, 0.4) is 0 Å². The van der Waals surface area contributed by atoms with Gasteiger partial charge in [-0.25, -0.2) is 0 Å². The van der Waals surface area contributed by atoms with Crippen LogP contribution in [-0.2, 0) is 21.6 Å². The Kier molecular flexibility index (Phi) is 6.70. The van der Waals surface area contributed by atoms with Crippen molar-refractivity contribution in [3.63, 3.8) is 0 Å². The Bertz CT molecular complexity index is 984. The lowest BCUT2D eigenvalue weighted by molar-refractivity contribution is -0.136. The number of benzene rings is 2. The SMILES string of the molecule is COc1ccc(CC2(O)C(=O)N(CCCC(C)C)c3ccc(C)cc32)c(OC(C)=O)c1. The van der Waals surface area contributed by atoms with Gasteiger partial charge in [0.1, 0.15) is 11.5 Å². The standard InChI is InChI=1S/C25H31NO5/c1-16(2)7-6-12-26-22-11-8-17(3)13-21(22)25(29,24(26)28)15-19-9-10-20(30-5)14-23(19)31-18(4)27/h8-11,13-14,16,29H,6-7,12,15H2,1-5H3. The van der Waals surface area contributed by atoms with Crippen LogP contribution in [-0.4, -0.2) is 30.6 Å². The summed E-state index contributed by atoms with van der Waals surface area (Å²) < 4.78 is 10.6. The van der Waals surface area contributed by atoms with Crippen molar-refractivity contribution in [1.29, 1.82) is 0 Å². The van der Waals surface area contributed by atoms with E-state index in [0.717, 1.165) is 24.1 Å². The van der Waals surface area contributed by atoms with E-state index in [0.29, 0.717) is 29.3 Å². The molecule has 0 spiro atoms. The van der Waals surface area contributed by atoms with Gasteiger partial charge in [-0.15, -0.1) is 0 Å². The molecule has 3 rings (SSSR count). The first-order valence-corrected chi connectivity index (χ1v) is 10.7. The predicted octanol–water partition coefficient (Wildman–Crippen LogP) is 4.14. The zero-order chi connectivity index (χ0) is 22.8. The minimum atomic E-state index is -1.73. The summed E-state index contributed by atoms with van der Waals surface area (Å²) in [5.74, 6) is 0.517. The molecule has 166 valence electrons. The molecule has 0 aromatic heterocycles. The number of carbonyl (C=O) groups is 2. The van der Waals surface area contributed by atoms with Gasteiger partial charge < -0.3 is 19.5 Å². The Hall–Kier alpha value is -2.86. The van der Waals surface area contributed by atoms with Gasteiger partial charge in [0.2, 0.25) is 0 Å². The lowest BCUT2D eigenvalue weighted by Gasteiger charge is -2.24. The summed E-state index contributed by atoms with van der Waals surface area (Å²) in [6, 6.07) is 10.8. The highest BCUT2D eigenvalue weighted by Gasteiger charge is 2.50. The third kappa shape index (κ3) is 4.74. The van der Waals surface area contributed by atoms with E-state index in [1.54, 1.807) is 23.1 Å². The van der Waals surface area contributed by atoms with Gasteiger partial charge in [-0.2, -0.15) is 0 Å². The third-order valence-electron chi connectivity index (χ3n) is 5.62. The maximum atomic E-state index is 13.5. The van der Waals surface area contributed by atoms with Crippen molar-refractivity contribution in [2.45, 2.75) is 52.6 Å². The van der Waals surface area contributed by atoms with Crippen LogP contribution >= 0.6 is 0 Å². The van der Waals surface area contributed by atoms with Gasteiger partial charge in [-0.1, -0.05) is 37.6 Å². The zero-order valence-corrected chi connectivity index (χ0v) is 18.9.